The molecule has 2 rings (SSSR count). The third-order valence-corrected chi connectivity index (χ3v) is 3.76. The monoisotopic (exact) mass is 376 g/mol. The number of rotatable bonds is 6. The van der Waals surface area contributed by atoms with Crippen LogP contribution in [0, 0.1) is 10.1 Å². The summed E-state index contributed by atoms with van der Waals surface area (Å²) in [6.45, 7) is 3.12. The molecule has 0 aliphatic carbocycles. The molecule has 0 saturated carbocycles. The lowest BCUT2D eigenvalue weighted by atomic mass is 10.2. The highest BCUT2D eigenvalue weighted by atomic mass is 35.5. The molecule has 0 heterocycles. The van der Waals surface area contributed by atoms with Gasteiger partial charge in [-0.2, -0.15) is 0 Å². The fourth-order valence-electron chi connectivity index (χ4n) is 2.42. The fourth-order valence-corrected chi connectivity index (χ4v) is 2.59. The highest BCUT2D eigenvalue weighted by Gasteiger charge is 2.25. The van der Waals surface area contributed by atoms with E-state index in [4.69, 9.17) is 16.3 Å². The van der Waals surface area contributed by atoms with E-state index >= 15 is 0 Å². The van der Waals surface area contributed by atoms with Crippen molar-refractivity contribution >= 4 is 34.9 Å². The number of nitrogens with zero attached hydrogens (tertiary/aromatic N) is 2. The summed E-state index contributed by atoms with van der Waals surface area (Å²) in [4.78, 5) is 36.5. The summed E-state index contributed by atoms with van der Waals surface area (Å²) >= 11 is 5.72. The Labute approximate surface area is 155 Å². The van der Waals surface area contributed by atoms with Crippen LogP contribution >= 0.6 is 11.6 Å². The number of hydrogen-bond donors (Lipinski definition) is 0. The summed E-state index contributed by atoms with van der Waals surface area (Å²) in [7, 11) is 0. The summed E-state index contributed by atoms with van der Waals surface area (Å²) in [6.07, 6.45) is 0. The van der Waals surface area contributed by atoms with E-state index in [1.54, 1.807) is 24.3 Å². The van der Waals surface area contributed by atoms with E-state index in [-0.39, 0.29) is 16.6 Å². The van der Waals surface area contributed by atoms with E-state index < -0.39 is 29.1 Å². The largest absolute Gasteiger partial charge is 0.452 e. The Morgan fingerprint density at radius 1 is 1.19 bits per heavy atom. The molecule has 0 radical (unpaired) electrons. The molecule has 8 heteroatoms. The van der Waals surface area contributed by atoms with Crippen LogP contribution in [0.3, 0.4) is 0 Å². The topological polar surface area (TPSA) is 89.8 Å². The van der Waals surface area contributed by atoms with E-state index in [1.165, 1.54) is 17.0 Å². The van der Waals surface area contributed by atoms with Crippen molar-refractivity contribution in [3.8, 4) is 0 Å². The molecule has 136 valence electrons. The van der Waals surface area contributed by atoms with E-state index in [2.05, 4.69) is 0 Å². The summed E-state index contributed by atoms with van der Waals surface area (Å²) in [5, 5.41) is 11.2. The van der Waals surface area contributed by atoms with Crippen molar-refractivity contribution in [3.63, 3.8) is 0 Å². The van der Waals surface area contributed by atoms with Crippen LogP contribution < -0.4 is 4.90 Å². The molecule has 0 fully saturated rings. The smallest absolute Gasteiger partial charge is 0.345 e. The Morgan fingerprint density at radius 3 is 2.42 bits per heavy atom. The van der Waals surface area contributed by atoms with Gasteiger partial charge in [0.25, 0.3) is 11.6 Å². The van der Waals surface area contributed by atoms with Crippen molar-refractivity contribution in [2.75, 3.05) is 11.5 Å². The average Bonchev–Trinajstić information content (AvgIpc) is 2.60. The minimum Gasteiger partial charge on any atom is -0.452 e. The van der Waals surface area contributed by atoms with Crippen LogP contribution in [0.25, 0.3) is 0 Å². The Bertz CT molecular complexity index is 824. The van der Waals surface area contributed by atoms with E-state index in [1.807, 2.05) is 19.9 Å². The maximum atomic E-state index is 12.5. The Kier molecular flexibility index (Phi) is 6.30. The Morgan fingerprint density at radius 2 is 1.85 bits per heavy atom. The van der Waals surface area contributed by atoms with Crippen molar-refractivity contribution < 1.29 is 19.2 Å². The van der Waals surface area contributed by atoms with Gasteiger partial charge in [-0.3, -0.25) is 14.9 Å². The lowest BCUT2D eigenvalue weighted by Gasteiger charge is -2.26. The van der Waals surface area contributed by atoms with Gasteiger partial charge in [-0.25, -0.2) is 4.79 Å². The van der Waals surface area contributed by atoms with Crippen molar-refractivity contribution in [2.45, 2.75) is 19.9 Å². The molecule has 7 nitrogen and oxygen atoms in total. The molecule has 0 saturated heterocycles. The Balaban J connectivity index is 2.14. The molecule has 1 amide bonds. The molecule has 0 aromatic heterocycles. The zero-order chi connectivity index (χ0) is 19.3. The second kappa shape index (κ2) is 8.44. The van der Waals surface area contributed by atoms with E-state index in [0.29, 0.717) is 5.69 Å². The SMILES string of the molecule is CC(C)N(C(=O)COC(=O)c1ccc(Cl)cc1[N+](=O)[O-])c1ccccc1. The number of hydrogen-bond acceptors (Lipinski definition) is 5. The molecule has 0 aliphatic rings. The van der Waals surface area contributed by atoms with Gasteiger partial charge < -0.3 is 9.64 Å². The number of nitro benzene ring substituents is 1. The molecular weight excluding hydrogens is 360 g/mol. The Hall–Kier alpha value is -2.93. The predicted octanol–water partition coefficient (Wildman–Crippen LogP) is 3.85. The number of para-hydroxylation sites is 1. The first-order valence-electron chi connectivity index (χ1n) is 7.79. The number of carbonyl (C=O) groups is 2. The van der Waals surface area contributed by atoms with Crippen molar-refractivity contribution in [3.05, 3.63) is 69.2 Å². The highest BCUT2D eigenvalue weighted by molar-refractivity contribution is 6.31. The summed E-state index contributed by atoms with van der Waals surface area (Å²) in [5.74, 6) is -1.39. The third-order valence-electron chi connectivity index (χ3n) is 3.52. The van der Waals surface area contributed by atoms with Gasteiger partial charge in [-0.1, -0.05) is 29.8 Å². The lowest BCUT2D eigenvalue weighted by Crippen LogP contribution is -2.39. The fraction of sp³-hybridized carbons (Fsp3) is 0.222. The summed E-state index contributed by atoms with van der Waals surface area (Å²) in [5.41, 5.74) is -0.0669. The van der Waals surface area contributed by atoms with Crippen molar-refractivity contribution in [1.82, 2.24) is 0 Å². The van der Waals surface area contributed by atoms with Crippen LogP contribution in [-0.4, -0.2) is 29.4 Å². The van der Waals surface area contributed by atoms with Crippen LogP contribution in [0.4, 0.5) is 11.4 Å². The van der Waals surface area contributed by atoms with Crippen LogP contribution in [0.1, 0.15) is 24.2 Å². The first-order chi connectivity index (χ1) is 12.3. The number of carbonyl (C=O) groups excluding carboxylic acids is 2. The second-order valence-corrected chi connectivity index (χ2v) is 6.12. The van der Waals surface area contributed by atoms with Crippen LogP contribution in [0.15, 0.2) is 48.5 Å². The summed E-state index contributed by atoms with van der Waals surface area (Å²) < 4.78 is 5.00. The number of halogens is 1. The number of anilines is 1. The molecular formula is C18H17ClN2O5. The van der Waals surface area contributed by atoms with Gasteiger partial charge in [0, 0.05) is 22.8 Å². The second-order valence-electron chi connectivity index (χ2n) is 5.69. The van der Waals surface area contributed by atoms with Gasteiger partial charge in [-0.05, 0) is 38.1 Å². The van der Waals surface area contributed by atoms with E-state index in [9.17, 15) is 19.7 Å². The lowest BCUT2D eigenvalue weighted by molar-refractivity contribution is -0.385. The van der Waals surface area contributed by atoms with Crippen LogP contribution in [0.2, 0.25) is 5.02 Å². The van der Waals surface area contributed by atoms with Gasteiger partial charge in [-0.15, -0.1) is 0 Å². The van der Waals surface area contributed by atoms with Crippen molar-refractivity contribution in [1.29, 1.82) is 0 Å². The van der Waals surface area contributed by atoms with E-state index in [0.717, 1.165) is 6.07 Å². The minimum absolute atomic E-state index is 0.124. The average molecular weight is 377 g/mol. The first kappa shape index (κ1) is 19.4. The zero-order valence-corrected chi connectivity index (χ0v) is 15.0. The molecule has 0 bridgehead atoms. The van der Waals surface area contributed by atoms with Gasteiger partial charge >= 0.3 is 5.97 Å². The minimum atomic E-state index is -0.960. The maximum absolute atomic E-state index is 12.5. The normalized spacial score (nSPS) is 10.5. The summed E-state index contributed by atoms with van der Waals surface area (Å²) in [6, 6.07) is 12.4. The molecule has 2 aromatic carbocycles. The van der Waals surface area contributed by atoms with Gasteiger partial charge in [0.05, 0.1) is 4.92 Å². The standard InChI is InChI=1S/C18H17ClN2O5/c1-12(2)20(14-6-4-3-5-7-14)17(22)11-26-18(23)15-9-8-13(19)10-16(15)21(24)25/h3-10,12H,11H2,1-2H3. The molecule has 26 heavy (non-hydrogen) atoms. The van der Waals surface area contributed by atoms with Crippen molar-refractivity contribution in [2.24, 2.45) is 0 Å². The third kappa shape index (κ3) is 4.58. The molecule has 0 unspecified atom stereocenters. The number of nitro groups is 1. The predicted molar refractivity (Wildman–Crippen MR) is 97.5 cm³/mol. The molecule has 0 atom stereocenters. The highest BCUT2D eigenvalue weighted by Crippen LogP contribution is 2.24. The maximum Gasteiger partial charge on any atom is 0.345 e. The molecule has 2 aromatic rings. The number of amides is 1. The zero-order valence-electron chi connectivity index (χ0n) is 14.2. The number of ether oxygens (including phenoxy) is 1. The quantitative estimate of drug-likeness (QED) is 0.434. The number of esters is 1. The van der Waals surface area contributed by atoms with Gasteiger partial charge in [0.15, 0.2) is 6.61 Å². The molecule has 0 N–H and O–H groups in total. The van der Waals surface area contributed by atoms with Crippen LogP contribution in [0.5, 0.6) is 0 Å². The first-order valence-corrected chi connectivity index (χ1v) is 8.17. The molecule has 0 aliphatic heterocycles. The molecule has 0 spiro atoms. The van der Waals surface area contributed by atoms with Gasteiger partial charge in [0.2, 0.25) is 0 Å². The van der Waals surface area contributed by atoms with Gasteiger partial charge in [0.1, 0.15) is 5.56 Å². The number of benzene rings is 2. The van der Waals surface area contributed by atoms with Crippen LogP contribution in [-0.2, 0) is 9.53 Å².